The van der Waals surface area contributed by atoms with E-state index in [9.17, 15) is 30.7 Å². The Morgan fingerprint density at radius 2 is 1.05 bits per heavy atom. The topological polar surface area (TPSA) is 0 Å². The summed E-state index contributed by atoms with van der Waals surface area (Å²) in [5, 5.41) is 0. The molecule has 0 saturated heterocycles. The van der Waals surface area contributed by atoms with Crippen molar-refractivity contribution in [3.05, 3.63) is 118 Å². The Hall–Kier alpha value is -4.05. The highest BCUT2D eigenvalue weighted by molar-refractivity contribution is 5.72. The Morgan fingerprint density at radius 3 is 1.62 bits per heavy atom. The molecule has 0 aliphatic heterocycles. The minimum absolute atomic E-state index is 0.156. The van der Waals surface area contributed by atoms with Crippen molar-refractivity contribution < 1.29 is 30.7 Å². The van der Waals surface area contributed by atoms with Crippen LogP contribution >= 0.6 is 0 Å². The maximum absolute atomic E-state index is 14.9. The van der Waals surface area contributed by atoms with Crippen molar-refractivity contribution in [2.24, 2.45) is 0 Å². The Labute approximate surface area is 222 Å². The summed E-state index contributed by atoms with van der Waals surface area (Å²) in [7, 11) is 0. The predicted octanol–water partition coefficient (Wildman–Crippen LogP) is 9.23. The number of hydrogen-bond acceptors (Lipinski definition) is 0. The van der Waals surface area contributed by atoms with Crippen molar-refractivity contribution in [3.63, 3.8) is 0 Å². The standard InChI is InChI=1S/C32H23F7/c1-2-3-20-4-6-21(7-5-20)8-9-22-10-12-25(28(33)16-22)23-11-13-26(29(34)17-23)24-18-30(35)27(31(36)19-24)14-15-32(37,38)39/h4-7,10-13,16-19H,2-3,8-9H2,1H3. The number of benzene rings is 4. The van der Waals surface area contributed by atoms with Crippen molar-refractivity contribution in [1.82, 2.24) is 0 Å². The van der Waals surface area contributed by atoms with Gasteiger partial charge in [-0.15, -0.1) is 0 Å². The minimum atomic E-state index is -4.92. The molecule has 0 amide bonds. The zero-order chi connectivity index (χ0) is 28.2. The molecule has 0 radical (unpaired) electrons. The molecule has 0 spiro atoms. The molecular formula is C32H23F7. The first-order chi connectivity index (χ1) is 18.5. The Morgan fingerprint density at radius 1 is 0.564 bits per heavy atom. The van der Waals surface area contributed by atoms with Crippen LogP contribution in [0, 0.1) is 35.1 Å². The third-order valence-electron chi connectivity index (χ3n) is 6.26. The van der Waals surface area contributed by atoms with Gasteiger partial charge in [0.25, 0.3) is 0 Å². The van der Waals surface area contributed by atoms with E-state index in [1.165, 1.54) is 29.7 Å². The van der Waals surface area contributed by atoms with Gasteiger partial charge in [-0.3, -0.25) is 0 Å². The molecule has 0 aliphatic carbocycles. The lowest BCUT2D eigenvalue weighted by Gasteiger charge is -2.10. The van der Waals surface area contributed by atoms with Crippen LogP contribution in [0.5, 0.6) is 0 Å². The molecule has 39 heavy (non-hydrogen) atoms. The first-order valence-electron chi connectivity index (χ1n) is 12.3. The maximum atomic E-state index is 14.9. The second kappa shape index (κ2) is 11.8. The van der Waals surface area contributed by atoms with Crippen LogP contribution in [0.4, 0.5) is 30.7 Å². The maximum Gasteiger partial charge on any atom is 0.458 e. The molecule has 0 N–H and O–H groups in total. The Balaban J connectivity index is 1.52. The number of halogens is 7. The Kier molecular flexibility index (Phi) is 8.44. The largest absolute Gasteiger partial charge is 0.458 e. The van der Waals surface area contributed by atoms with Gasteiger partial charge < -0.3 is 0 Å². The summed E-state index contributed by atoms with van der Waals surface area (Å²) in [5.41, 5.74) is 2.08. The molecule has 0 aliphatic rings. The highest BCUT2D eigenvalue weighted by Crippen LogP contribution is 2.31. The van der Waals surface area contributed by atoms with Gasteiger partial charge in [-0.2, -0.15) is 13.2 Å². The fourth-order valence-corrected chi connectivity index (χ4v) is 4.30. The molecule has 0 bridgehead atoms. The lowest BCUT2D eigenvalue weighted by atomic mass is 9.96. The lowest BCUT2D eigenvalue weighted by Crippen LogP contribution is -2.02. The second-order valence-electron chi connectivity index (χ2n) is 9.14. The van der Waals surface area contributed by atoms with Gasteiger partial charge >= 0.3 is 6.18 Å². The van der Waals surface area contributed by atoms with Gasteiger partial charge in [-0.1, -0.05) is 67.8 Å². The van der Waals surface area contributed by atoms with E-state index in [2.05, 4.69) is 31.2 Å². The number of rotatable bonds is 7. The van der Waals surface area contributed by atoms with Crippen LogP contribution in [-0.2, 0) is 19.3 Å². The molecule has 0 atom stereocenters. The monoisotopic (exact) mass is 540 g/mol. The fraction of sp³-hybridized carbons (Fsp3) is 0.188. The number of alkyl halides is 3. The molecule has 200 valence electrons. The minimum Gasteiger partial charge on any atom is -0.206 e. The van der Waals surface area contributed by atoms with E-state index in [-0.39, 0.29) is 22.3 Å². The first kappa shape index (κ1) is 28.0. The lowest BCUT2D eigenvalue weighted by molar-refractivity contribution is -0.0696. The van der Waals surface area contributed by atoms with Gasteiger partial charge in [0, 0.05) is 17.0 Å². The summed E-state index contributed by atoms with van der Waals surface area (Å²) >= 11 is 0. The van der Waals surface area contributed by atoms with E-state index in [0.29, 0.717) is 18.6 Å². The molecule has 0 nitrogen and oxygen atoms in total. The van der Waals surface area contributed by atoms with Gasteiger partial charge in [-0.25, -0.2) is 17.6 Å². The van der Waals surface area contributed by atoms with Crippen molar-refractivity contribution in [2.75, 3.05) is 0 Å². The van der Waals surface area contributed by atoms with Crippen LogP contribution in [0.3, 0.4) is 0 Å². The van der Waals surface area contributed by atoms with Crippen molar-refractivity contribution in [2.45, 2.75) is 38.8 Å². The average molecular weight is 541 g/mol. The normalized spacial score (nSPS) is 11.3. The molecule has 0 aromatic heterocycles. The Bertz CT molecular complexity index is 1520. The fourth-order valence-electron chi connectivity index (χ4n) is 4.30. The van der Waals surface area contributed by atoms with E-state index in [4.69, 9.17) is 0 Å². The van der Waals surface area contributed by atoms with Crippen LogP contribution in [-0.4, -0.2) is 6.18 Å². The highest BCUT2D eigenvalue weighted by atomic mass is 19.4. The van der Waals surface area contributed by atoms with Crippen molar-refractivity contribution >= 4 is 0 Å². The van der Waals surface area contributed by atoms with E-state index in [0.717, 1.165) is 42.4 Å². The summed E-state index contributed by atoms with van der Waals surface area (Å²) in [6.45, 7) is 2.12. The molecule has 0 unspecified atom stereocenters. The van der Waals surface area contributed by atoms with E-state index in [1.54, 1.807) is 12.1 Å². The van der Waals surface area contributed by atoms with Crippen LogP contribution in [0.1, 0.15) is 35.6 Å². The van der Waals surface area contributed by atoms with Crippen LogP contribution in [0.15, 0.2) is 72.8 Å². The van der Waals surface area contributed by atoms with Crippen LogP contribution in [0.25, 0.3) is 22.3 Å². The zero-order valence-corrected chi connectivity index (χ0v) is 20.9. The smallest absolute Gasteiger partial charge is 0.206 e. The number of aryl methyl sites for hydroxylation is 3. The van der Waals surface area contributed by atoms with Gasteiger partial charge in [0.15, 0.2) is 0 Å². The third kappa shape index (κ3) is 7.08. The summed E-state index contributed by atoms with van der Waals surface area (Å²) < 4.78 is 95.3. The molecule has 4 aromatic rings. The summed E-state index contributed by atoms with van der Waals surface area (Å²) in [4.78, 5) is 0. The molecular weight excluding hydrogens is 517 g/mol. The quantitative estimate of drug-likeness (QED) is 0.162. The molecule has 4 aromatic carbocycles. The molecule has 4 rings (SSSR count). The molecule has 0 heterocycles. The third-order valence-corrected chi connectivity index (χ3v) is 6.26. The van der Waals surface area contributed by atoms with Gasteiger partial charge in [-0.05, 0) is 71.3 Å². The zero-order valence-electron chi connectivity index (χ0n) is 20.9. The molecule has 0 fully saturated rings. The summed E-state index contributed by atoms with van der Waals surface area (Å²) in [5.74, 6) is -1.91. The highest BCUT2D eigenvalue weighted by Gasteiger charge is 2.24. The SMILES string of the molecule is CCCc1ccc(CCc2ccc(-c3ccc(-c4cc(F)c(C#CC(F)(F)F)c(F)c4)c(F)c3)c(F)c2)cc1. The van der Waals surface area contributed by atoms with Crippen molar-refractivity contribution in [1.29, 1.82) is 0 Å². The summed E-state index contributed by atoms with van der Waals surface area (Å²) in [6.07, 6.45) is -1.46. The predicted molar refractivity (Wildman–Crippen MR) is 138 cm³/mol. The summed E-state index contributed by atoms with van der Waals surface area (Å²) in [6, 6.07) is 18.1. The van der Waals surface area contributed by atoms with E-state index < -0.39 is 35.0 Å². The second-order valence-corrected chi connectivity index (χ2v) is 9.14. The van der Waals surface area contributed by atoms with Gasteiger partial charge in [0.2, 0.25) is 0 Å². The van der Waals surface area contributed by atoms with Crippen LogP contribution in [0.2, 0.25) is 0 Å². The van der Waals surface area contributed by atoms with E-state index >= 15 is 0 Å². The average Bonchev–Trinajstić information content (AvgIpc) is 2.87. The molecule has 7 heteroatoms. The van der Waals surface area contributed by atoms with Crippen molar-refractivity contribution in [3.8, 4) is 34.1 Å². The van der Waals surface area contributed by atoms with Gasteiger partial charge in [0.05, 0.1) is 5.56 Å². The number of hydrogen-bond donors (Lipinski definition) is 0. The van der Waals surface area contributed by atoms with Crippen LogP contribution < -0.4 is 0 Å². The van der Waals surface area contributed by atoms with Gasteiger partial charge in [0.1, 0.15) is 23.3 Å². The molecule has 0 saturated carbocycles. The van der Waals surface area contributed by atoms with E-state index in [1.807, 2.05) is 0 Å². The first-order valence-corrected chi connectivity index (χ1v) is 12.3.